The second-order valence-electron chi connectivity index (χ2n) is 4.73. The Labute approximate surface area is 152 Å². The van der Waals surface area contributed by atoms with E-state index in [0.29, 0.717) is 24.0 Å². The number of aliphatic imine (C=N–C) groups is 1. The lowest BCUT2D eigenvalue weighted by atomic mass is 10.2. The summed E-state index contributed by atoms with van der Waals surface area (Å²) in [5.74, 6) is 1.66. The number of nitrogens with two attached hydrogens (primary N) is 1. The number of aryl methyl sites for hydroxylation is 1. The van der Waals surface area contributed by atoms with Gasteiger partial charge in [-0.2, -0.15) is 5.10 Å². The Morgan fingerprint density at radius 3 is 2.65 bits per heavy atom. The summed E-state index contributed by atoms with van der Waals surface area (Å²) in [6.07, 6.45) is 4.59. The zero-order valence-electron chi connectivity index (χ0n) is 13.4. The molecule has 3 N–H and O–H groups in total. The molecule has 0 atom stereocenters. The molecule has 8 heteroatoms. The molecule has 0 saturated carbocycles. The molecule has 0 aliphatic carbocycles. The van der Waals surface area contributed by atoms with Crippen LogP contribution in [0.3, 0.4) is 0 Å². The van der Waals surface area contributed by atoms with Gasteiger partial charge in [0.2, 0.25) is 0 Å². The molecule has 1 aromatic heterocycles. The summed E-state index contributed by atoms with van der Waals surface area (Å²) >= 11 is 0. The predicted molar refractivity (Wildman–Crippen MR) is 102 cm³/mol. The Hall–Kier alpha value is -1.97. The van der Waals surface area contributed by atoms with Gasteiger partial charge in [-0.1, -0.05) is 0 Å². The number of ether oxygens (including phenoxy) is 2. The maximum Gasteiger partial charge on any atom is 0.193 e. The SMILES string of the molecule is COc1ccc(NC(N)=NCCc2cnn(C)c2)cc1OC.I. The van der Waals surface area contributed by atoms with E-state index in [1.807, 2.05) is 37.6 Å². The van der Waals surface area contributed by atoms with Crippen molar-refractivity contribution in [3.63, 3.8) is 0 Å². The number of nitrogens with zero attached hydrogens (tertiary/aromatic N) is 3. The molecule has 0 amide bonds. The molecule has 2 aromatic rings. The van der Waals surface area contributed by atoms with Crippen molar-refractivity contribution in [2.24, 2.45) is 17.8 Å². The second kappa shape index (κ2) is 9.23. The van der Waals surface area contributed by atoms with Crippen molar-refractivity contribution < 1.29 is 9.47 Å². The summed E-state index contributed by atoms with van der Waals surface area (Å²) in [7, 11) is 5.08. The Bertz CT molecular complexity index is 657. The molecule has 0 fully saturated rings. The number of nitrogens with one attached hydrogen (secondary N) is 1. The van der Waals surface area contributed by atoms with Crippen molar-refractivity contribution in [2.75, 3.05) is 26.1 Å². The molecule has 23 heavy (non-hydrogen) atoms. The molecular formula is C15H22IN5O2. The van der Waals surface area contributed by atoms with Crippen molar-refractivity contribution in [1.29, 1.82) is 0 Å². The summed E-state index contributed by atoms with van der Waals surface area (Å²) in [6, 6.07) is 5.47. The lowest BCUT2D eigenvalue weighted by molar-refractivity contribution is 0.355. The van der Waals surface area contributed by atoms with Crippen LogP contribution >= 0.6 is 24.0 Å². The third-order valence-electron chi connectivity index (χ3n) is 3.10. The van der Waals surface area contributed by atoms with Crippen LogP contribution in [0.4, 0.5) is 5.69 Å². The average molecular weight is 431 g/mol. The third kappa shape index (κ3) is 5.62. The number of rotatable bonds is 6. The molecule has 1 heterocycles. The number of aromatic nitrogens is 2. The van der Waals surface area contributed by atoms with Gasteiger partial charge < -0.3 is 20.5 Å². The summed E-state index contributed by atoms with van der Waals surface area (Å²) in [4.78, 5) is 4.30. The van der Waals surface area contributed by atoms with Crippen LogP contribution in [0.5, 0.6) is 11.5 Å². The Morgan fingerprint density at radius 2 is 2.04 bits per heavy atom. The number of guanidine groups is 1. The molecule has 7 nitrogen and oxygen atoms in total. The smallest absolute Gasteiger partial charge is 0.193 e. The number of benzene rings is 1. The van der Waals surface area contributed by atoms with Crippen LogP contribution in [0.1, 0.15) is 5.56 Å². The zero-order chi connectivity index (χ0) is 15.9. The van der Waals surface area contributed by atoms with E-state index in [1.54, 1.807) is 18.9 Å². The van der Waals surface area contributed by atoms with Crippen LogP contribution in [0.25, 0.3) is 0 Å². The maximum absolute atomic E-state index is 5.88. The van der Waals surface area contributed by atoms with Gasteiger partial charge in [-0.15, -0.1) is 24.0 Å². The fourth-order valence-corrected chi connectivity index (χ4v) is 2.01. The lowest BCUT2D eigenvalue weighted by Gasteiger charge is -2.10. The van der Waals surface area contributed by atoms with Gasteiger partial charge >= 0.3 is 0 Å². The van der Waals surface area contributed by atoms with Crippen LogP contribution in [0, 0.1) is 0 Å². The van der Waals surface area contributed by atoms with Crippen molar-refractivity contribution in [3.05, 3.63) is 36.2 Å². The van der Waals surface area contributed by atoms with Gasteiger partial charge in [0.1, 0.15) is 0 Å². The Kier molecular flexibility index (Phi) is 7.66. The van der Waals surface area contributed by atoms with Gasteiger partial charge in [-0.05, 0) is 24.1 Å². The van der Waals surface area contributed by atoms with E-state index in [-0.39, 0.29) is 24.0 Å². The Balaban J connectivity index is 0.00000264. The normalized spacial score (nSPS) is 10.8. The van der Waals surface area contributed by atoms with Gasteiger partial charge in [0, 0.05) is 31.5 Å². The van der Waals surface area contributed by atoms with Crippen molar-refractivity contribution in [1.82, 2.24) is 9.78 Å². The van der Waals surface area contributed by atoms with Crippen LogP contribution in [0.2, 0.25) is 0 Å². The second-order valence-corrected chi connectivity index (χ2v) is 4.73. The van der Waals surface area contributed by atoms with E-state index in [0.717, 1.165) is 17.7 Å². The molecule has 126 valence electrons. The third-order valence-corrected chi connectivity index (χ3v) is 3.10. The summed E-state index contributed by atoms with van der Waals surface area (Å²) in [5.41, 5.74) is 7.80. The number of hydrogen-bond acceptors (Lipinski definition) is 4. The molecule has 2 rings (SSSR count). The molecule has 0 radical (unpaired) electrons. The van der Waals surface area contributed by atoms with Crippen LogP contribution in [0.15, 0.2) is 35.6 Å². The number of halogens is 1. The van der Waals surface area contributed by atoms with E-state index >= 15 is 0 Å². The molecule has 1 aromatic carbocycles. The molecule has 0 bridgehead atoms. The highest BCUT2D eigenvalue weighted by Gasteiger charge is 2.05. The van der Waals surface area contributed by atoms with E-state index in [1.165, 1.54) is 0 Å². The van der Waals surface area contributed by atoms with Crippen molar-refractivity contribution >= 4 is 35.6 Å². The molecule has 0 unspecified atom stereocenters. The molecule has 0 aliphatic rings. The molecule has 0 saturated heterocycles. The van der Waals surface area contributed by atoms with Crippen molar-refractivity contribution in [2.45, 2.75) is 6.42 Å². The van der Waals surface area contributed by atoms with Gasteiger partial charge in [-0.25, -0.2) is 0 Å². The fourth-order valence-electron chi connectivity index (χ4n) is 2.01. The quantitative estimate of drug-likeness (QED) is 0.415. The van der Waals surface area contributed by atoms with Gasteiger partial charge in [0.05, 0.1) is 20.4 Å². The topological polar surface area (TPSA) is 86.7 Å². The van der Waals surface area contributed by atoms with Crippen LogP contribution in [-0.4, -0.2) is 36.5 Å². The minimum absolute atomic E-state index is 0. The average Bonchev–Trinajstić information content (AvgIpc) is 2.92. The molecule has 0 spiro atoms. The van der Waals surface area contributed by atoms with Crippen LogP contribution in [-0.2, 0) is 13.5 Å². The van der Waals surface area contributed by atoms with Gasteiger partial charge in [0.25, 0.3) is 0 Å². The fraction of sp³-hybridized carbons (Fsp3) is 0.333. The number of anilines is 1. The Morgan fingerprint density at radius 1 is 1.30 bits per heavy atom. The highest BCUT2D eigenvalue weighted by atomic mass is 127. The molecular weight excluding hydrogens is 409 g/mol. The first-order chi connectivity index (χ1) is 10.6. The standard InChI is InChI=1S/C15H21N5O2.HI/c1-20-10-11(9-18-20)6-7-17-15(16)19-12-4-5-13(21-2)14(8-12)22-3;/h4-5,8-10H,6-7H2,1-3H3,(H3,16,17,19);1H. The van der Waals surface area contributed by atoms with Gasteiger partial charge in [0.15, 0.2) is 17.5 Å². The van der Waals surface area contributed by atoms with E-state index in [9.17, 15) is 0 Å². The van der Waals surface area contributed by atoms with Crippen molar-refractivity contribution in [3.8, 4) is 11.5 Å². The monoisotopic (exact) mass is 431 g/mol. The maximum atomic E-state index is 5.88. The minimum Gasteiger partial charge on any atom is -0.493 e. The summed E-state index contributed by atoms with van der Waals surface area (Å²) < 4.78 is 12.2. The largest absolute Gasteiger partial charge is 0.493 e. The minimum atomic E-state index is 0. The zero-order valence-corrected chi connectivity index (χ0v) is 15.8. The highest BCUT2D eigenvalue weighted by molar-refractivity contribution is 14.0. The first-order valence-electron chi connectivity index (χ1n) is 6.89. The first-order valence-corrected chi connectivity index (χ1v) is 6.89. The lowest BCUT2D eigenvalue weighted by Crippen LogP contribution is -2.23. The summed E-state index contributed by atoms with van der Waals surface area (Å²) in [6.45, 7) is 0.595. The van der Waals surface area contributed by atoms with Gasteiger partial charge in [-0.3, -0.25) is 9.67 Å². The van der Waals surface area contributed by atoms with E-state index in [2.05, 4.69) is 15.4 Å². The predicted octanol–water partition coefficient (Wildman–Crippen LogP) is 2.02. The molecule has 0 aliphatic heterocycles. The number of hydrogen-bond donors (Lipinski definition) is 2. The van der Waals surface area contributed by atoms with E-state index in [4.69, 9.17) is 15.2 Å². The van der Waals surface area contributed by atoms with Crippen LogP contribution < -0.4 is 20.5 Å². The first kappa shape index (κ1) is 19.1. The number of methoxy groups -OCH3 is 2. The summed E-state index contributed by atoms with van der Waals surface area (Å²) in [5, 5.41) is 7.14. The van der Waals surface area contributed by atoms with E-state index < -0.39 is 0 Å². The highest BCUT2D eigenvalue weighted by Crippen LogP contribution is 2.29.